The lowest BCUT2D eigenvalue weighted by Gasteiger charge is -2.16. The molecule has 0 amide bonds. The molecule has 4 N–H and O–H groups in total. The highest BCUT2D eigenvalue weighted by Crippen LogP contribution is 2.36. The minimum Gasteiger partial charge on any atom is -0.478 e. The number of halogens is 3. The van der Waals surface area contributed by atoms with E-state index in [0.717, 1.165) is 0 Å². The van der Waals surface area contributed by atoms with Crippen molar-refractivity contribution in [3.05, 3.63) is 23.3 Å². The Hall–Kier alpha value is -1.81. The van der Waals surface area contributed by atoms with Gasteiger partial charge < -0.3 is 10.8 Å². The van der Waals surface area contributed by atoms with Crippen molar-refractivity contribution in [2.45, 2.75) is 30.8 Å². The average molecular weight is 340 g/mol. The highest BCUT2D eigenvalue weighted by molar-refractivity contribution is 7.89. The molecule has 1 rings (SSSR count). The smallest absolute Gasteiger partial charge is 0.417 e. The van der Waals surface area contributed by atoms with Crippen LogP contribution in [0.1, 0.15) is 35.7 Å². The van der Waals surface area contributed by atoms with Crippen LogP contribution in [0.3, 0.4) is 0 Å². The molecule has 0 bridgehead atoms. The van der Waals surface area contributed by atoms with E-state index < -0.39 is 43.9 Å². The van der Waals surface area contributed by atoms with Gasteiger partial charge in [-0.3, -0.25) is 0 Å². The van der Waals surface area contributed by atoms with Gasteiger partial charge in [-0.2, -0.15) is 13.2 Å². The number of aromatic carboxylic acids is 1. The fourth-order valence-corrected chi connectivity index (χ4v) is 2.99. The fraction of sp³-hybridized carbons (Fsp3) is 0.417. The predicted molar refractivity (Wildman–Crippen MR) is 72.9 cm³/mol. The van der Waals surface area contributed by atoms with Crippen LogP contribution in [0.2, 0.25) is 0 Å². The monoisotopic (exact) mass is 340 g/mol. The molecule has 0 heterocycles. The first-order valence-electron chi connectivity index (χ1n) is 6.24. The summed E-state index contributed by atoms with van der Waals surface area (Å²) in [6.07, 6.45) is -3.92. The van der Waals surface area contributed by atoms with Crippen molar-refractivity contribution in [1.82, 2.24) is 4.72 Å². The average Bonchev–Trinajstić information content (AvgIpc) is 2.36. The first kappa shape index (κ1) is 18.2. The van der Waals surface area contributed by atoms with E-state index in [1.54, 1.807) is 6.92 Å². The topological polar surface area (TPSA) is 109 Å². The van der Waals surface area contributed by atoms with E-state index in [4.69, 9.17) is 10.8 Å². The molecular weight excluding hydrogens is 325 g/mol. The van der Waals surface area contributed by atoms with Gasteiger partial charge in [-0.15, -0.1) is 0 Å². The van der Waals surface area contributed by atoms with Gasteiger partial charge in [0.1, 0.15) is 0 Å². The Labute approximate surface area is 125 Å². The van der Waals surface area contributed by atoms with Crippen LogP contribution in [0.4, 0.5) is 18.9 Å². The summed E-state index contributed by atoms with van der Waals surface area (Å²) < 4.78 is 65.0. The lowest BCUT2D eigenvalue weighted by atomic mass is 10.1. The predicted octanol–water partition coefficient (Wildman–Crippen LogP) is 2.06. The van der Waals surface area contributed by atoms with Crippen LogP contribution in [0.25, 0.3) is 0 Å². The molecule has 0 spiro atoms. The quantitative estimate of drug-likeness (QED) is 0.542. The van der Waals surface area contributed by atoms with E-state index in [0.29, 0.717) is 25.0 Å². The Morgan fingerprint density at radius 2 is 1.95 bits per heavy atom. The van der Waals surface area contributed by atoms with E-state index in [1.165, 1.54) is 0 Å². The maximum absolute atomic E-state index is 13.0. The summed E-state index contributed by atoms with van der Waals surface area (Å²) in [6.45, 7) is 1.73. The third kappa shape index (κ3) is 4.10. The Morgan fingerprint density at radius 3 is 2.41 bits per heavy atom. The van der Waals surface area contributed by atoms with Gasteiger partial charge in [0.25, 0.3) is 0 Å². The second-order valence-corrected chi connectivity index (χ2v) is 6.23. The third-order valence-electron chi connectivity index (χ3n) is 2.80. The summed E-state index contributed by atoms with van der Waals surface area (Å²) in [5.41, 5.74) is 2.39. The van der Waals surface area contributed by atoms with Crippen molar-refractivity contribution < 1.29 is 31.5 Å². The zero-order chi connectivity index (χ0) is 17.1. The number of nitrogens with two attached hydrogens (primary N) is 1. The number of sulfonamides is 1. The van der Waals surface area contributed by atoms with Crippen LogP contribution >= 0.6 is 0 Å². The van der Waals surface area contributed by atoms with E-state index in [2.05, 4.69) is 0 Å². The molecule has 0 saturated carbocycles. The number of nitrogens with one attached hydrogen (secondary N) is 1. The summed E-state index contributed by atoms with van der Waals surface area (Å²) >= 11 is 0. The van der Waals surface area contributed by atoms with Gasteiger partial charge in [0.05, 0.1) is 16.0 Å². The fourth-order valence-electron chi connectivity index (χ4n) is 1.69. The first-order chi connectivity index (χ1) is 10.0. The number of carboxylic acid groups (broad SMARTS) is 1. The molecule has 6 nitrogen and oxygen atoms in total. The molecule has 0 saturated heterocycles. The Balaban J connectivity index is 3.49. The molecule has 0 fully saturated rings. The second kappa shape index (κ2) is 6.53. The maximum atomic E-state index is 13.0. The molecule has 0 aliphatic rings. The lowest BCUT2D eigenvalue weighted by molar-refractivity contribution is -0.139. The molecule has 0 radical (unpaired) electrons. The van der Waals surface area contributed by atoms with Crippen molar-refractivity contribution in [2.24, 2.45) is 0 Å². The number of hydrogen-bond acceptors (Lipinski definition) is 4. The van der Waals surface area contributed by atoms with Gasteiger partial charge in [0, 0.05) is 12.2 Å². The Morgan fingerprint density at radius 1 is 1.36 bits per heavy atom. The number of rotatable bonds is 6. The summed E-state index contributed by atoms with van der Waals surface area (Å²) in [4.78, 5) is 9.80. The zero-order valence-electron chi connectivity index (χ0n) is 11.6. The van der Waals surface area contributed by atoms with Gasteiger partial charge in [-0.05, 0) is 18.6 Å². The number of hydrogen-bond donors (Lipinski definition) is 3. The largest absolute Gasteiger partial charge is 0.478 e. The molecule has 0 aliphatic carbocycles. The van der Waals surface area contributed by atoms with Crippen LogP contribution in [-0.4, -0.2) is 26.0 Å². The highest BCUT2D eigenvalue weighted by Gasteiger charge is 2.38. The van der Waals surface area contributed by atoms with E-state index in [9.17, 15) is 26.4 Å². The maximum Gasteiger partial charge on any atom is 0.417 e. The van der Waals surface area contributed by atoms with E-state index >= 15 is 0 Å². The number of unbranched alkanes of at least 4 members (excludes halogenated alkanes) is 1. The number of alkyl halides is 3. The molecule has 0 aliphatic heterocycles. The van der Waals surface area contributed by atoms with Crippen LogP contribution in [-0.2, 0) is 16.2 Å². The summed E-state index contributed by atoms with van der Waals surface area (Å²) in [7, 11) is -4.51. The zero-order valence-corrected chi connectivity index (χ0v) is 12.4. The highest BCUT2D eigenvalue weighted by atomic mass is 32.2. The van der Waals surface area contributed by atoms with Crippen molar-refractivity contribution >= 4 is 21.7 Å². The number of carbonyl (C=O) groups is 1. The van der Waals surface area contributed by atoms with Gasteiger partial charge in [-0.25, -0.2) is 17.9 Å². The molecule has 1 aromatic rings. The number of benzene rings is 1. The van der Waals surface area contributed by atoms with Crippen molar-refractivity contribution in [1.29, 1.82) is 0 Å². The van der Waals surface area contributed by atoms with Crippen molar-refractivity contribution in [3.63, 3.8) is 0 Å². The lowest BCUT2D eigenvalue weighted by Crippen LogP contribution is -2.28. The Bertz CT molecular complexity index is 672. The third-order valence-corrected chi connectivity index (χ3v) is 4.30. The molecule has 124 valence electrons. The first-order valence-corrected chi connectivity index (χ1v) is 7.72. The van der Waals surface area contributed by atoms with Gasteiger partial charge in [-0.1, -0.05) is 13.3 Å². The molecule has 0 atom stereocenters. The number of nitrogen functional groups attached to an aromatic ring is 1. The summed E-state index contributed by atoms with van der Waals surface area (Å²) in [5.74, 6) is -1.61. The minimum atomic E-state index is -4.99. The molecule has 0 aromatic heterocycles. The van der Waals surface area contributed by atoms with Gasteiger partial charge >= 0.3 is 12.1 Å². The second-order valence-electron chi connectivity index (χ2n) is 4.49. The molecule has 0 unspecified atom stereocenters. The number of carboxylic acids is 1. The van der Waals surface area contributed by atoms with E-state index in [1.807, 2.05) is 4.72 Å². The van der Waals surface area contributed by atoms with E-state index in [-0.39, 0.29) is 6.54 Å². The summed E-state index contributed by atoms with van der Waals surface area (Å²) in [6, 6.07) is 0.743. The standard InChI is InChI=1S/C12H15F3N2O4S/c1-2-3-4-17-22(20,21)10-5-7(11(18)19)9(16)6-8(10)12(13,14)15/h5-6,17H,2-4,16H2,1H3,(H,18,19). The Kier molecular flexibility index (Phi) is 5.41. The molecule has 1 aromatic carbocycles. The normalized spacial score (nSPS) is 12.4. The number of anilines is 1. The van der Waals surface area contributed by atoms with Gasteiger partial charge in [0.2, 0.25) is 10.0 Å². The van der Waals surface area contributed by atoms with Gasteiger partial charge in [0.15, 0.2) is 0 Å². The van der Waals surface area contributed by atoms with Crippen LogP contribution < -0.4 is 10.5 Å². The molecule has 10 heteroatoms. The van der Waals surface area contributed by atoms with Crippen LogP contribution in [0.15, 0.2) is 17.0 Å². The van der Waals surface area contributed by atoms with Crippen molar-refractivity contribution in [3.8, 4) is 0 Å². The minimum absolute atomic E-state index is 0.0527. The molecular formula is C12H15F3N2O4S. The SMILES string of the molecule is CCCCNS(=O)(=O)c1cc(C(=O)O)c(N)cc1C(F)(F)F. The van der Waals surface area contributed by atoms with Crippen LogP contribution in [0, 0.1) is 0 Å². The summed E-state index contributed by atoms with van der Waals surface area (Å²) in [5, 5.41) is 8.89. The molecule has 22 heavy (non-hydrogen) atoms. The van der Waals surface area contributed by atoms with Crippen LogP contribution in [0.5, 0.6) is 0 Å². The van der Waals surface area contributed by atoms with Crippen molar-refractivity contribution in [2.75, 3.05) is 12.3 Å².